The lowest BCUT2D eigenvalue weighted by Gasteiger charge is -2.13. The summed E-state index contributed by atoms with van der Waals surface area (Å²) < 4.78 is 5.44. The van der Waals surface area contributed by atoms with Crippen molar-refractivity contribution >= 4 is 5.82 Å². The van der Waals surface area contributed by atoms with Gasteiger partial charge in [0, 0.05) is 24.7 Å². The van der Waals surface area contributed by atoms with Crippen LogP contribution in [0.15, 0.2) is 30.3 Å². The van der Waals surface area contributed by atoms with E-state index in [4.69, 9.17) is 9.72 Å². The van der Waals surface area contributed by atoms with Crippen LogP contribution >= 0.6 is 0 Å². The van der Waals surface area contributed by atoms with Crippen molar-refractivity contribution in [1.82, 2.24) is 9.97 Å². The molecule has 0 radical (unpaired) electrons. The van der Waals surface area contributed by atoms with E-state index in [2.05, 4.69) is 16.4 Å². The normalized spacial score (nSPS) is 15.1. The van der Waals surface area contributed by atoms with E-state index < -0.39 is 0 Å². The Balaban J connectivity index is 2.06. The van der Waals surface area contributed by atoms with Crippen LogP contribution in [0, 0.1) is 0 Å². The Hall–Kier alpha value is -2.10. The minimum absolute atomic E-state index is 0.563. The highest BCUT2D eigenvalue weighted by molar-refractivity contribution is 5.65. The molecule has 21 heavy (non-hydrogen) atoms. The summed E-state index contributed by atoms with van der Waals surface area (Å²) in [5, 5.41) is 3.15. The van der Waals surface area contributed by atoms with Gasteiger partial charge in [0.25, 0.3) is 0 Å². The number of benzene rings is 1. The number of methoxy groups -OCH3 is 1. The van der Waals surface area contributed by atoms with Crippen LogP contribution in [0.25, 0.3) is 11.4 Å². The summed E-state index contributed by atoms with van der Waals surface area (Å²) in [5.41, 5.74) is 2.09. The average molecular weight is 283 g/mol. The number of aromatic nitrogens is 2. The Kier molecular flexibility index (Phi) is 4.04. The molecule has 0 amide bonds. The van der Waals surface area contributed by atoms with Gasteiger partial charge in [-0.3, -0.25) is 0 Å². The van der Waals surface area contributed by atoms with Gasteiger partial charge in [-0.15, -0.1) is 0 Å². The molecular formula is C17H21N3O. The van der Waals surface area contributed by atoms with Gasteiger partial charge in [0.2, 0.25) is 0 Å². The minimum Gasteiger partial charge on any atom is -0.496 e. The molecule has 1 saturated carbocycles. The smallest absolute Gasteiger partial charge is 0.165 e. The first-order valence-corrected chi connectivity index (χ1v) is 7.52. The lowest BCUT2D eigenvalue weighted by Crippen LogP contribution is -2.04. The SMILES string of the molecule is CNc1cc(C2CCCC2)nc(-c2ccccc2OC)n1. The van der Waals surface area contributed by atoms with Crippen LogP contribution < -0.4 is 10.1 Å². The number of ether oxygens (including phenoxy) is 1. The van der Waals surface area contributed by atoms with E-state index in [-0.39, 0.29) is 0 Å². The van der Waals surface area contributed by atoms with E-state index in [1.165, 1.54) is 25.7 Å². The van der Waals surface area contributed by atoms with E-state index in [1.807, 2.05) is 31.3 Å². The first-order valence-electron chi connectivity index (χ1n) is 7.52. The van der Waals surface area contributed by atoms with Crippen molar-refractivity contribution in [3.05, 3.63) is 36.0 Å². The summed E-state index contributed by atoms with van der Waals surface area (Å²) in [6.45, 7) is 0. The van der Waals surface area contributed by atoms with Gasteiger partial charge >= 0.3 is 0 Å². The van der Waals surface area contributed by atoms with Crippen LogP contribution in [0.3, 0.4) is 0 Å². The molecule has 4 heteroatoms. The second-order valence-corrected chi connectivity index (χ2v) is 5.43. The molecule has 110 valence electrons. The van der Waals surface area contributed by atoms with Crippen LogP contribution in [0.5, 0.6) is 5.75 Å². The third kappa shape index (κ3) is 2.84. The highest BCUT2D eigenvalue weighted by atomic mass is 16.5. The molecule has 0 aliphatic heterocycles. The van der Waals surface area contributed by atoms with Crippen LogP contribution in [0.2, 0.25) is 0 Å². The Morgan fingerprint density at radius 3 is 2.62 bits per heavy atom. The number of para-hydroxylation sites is 1. The van der Waals surface area contributed by atoms with Gasteiger partial charge in [0.1, 0.15) is 11.6 Å². The molecule has 0 saturated heterocycles. The van der Waals surface area contributed by atoms with Gasteiger partial charge in [-0.25, -0.2) is 9.97 Å². The van der Waals surface area contributed by atoms with E-state index in [1.54, 1.807) is 7.11 Å². The van der Waals surface area contributed by atoms with Gasteiger partial charge < -0.3 is 10.1 Å². The predicted molar refractivity (Wildman–Crippen MR) is 84.8 cm³/mol. The molecule has 0 unspecified atom stereocenters. The van der Waals surface area contributed by atoms with E-state index in [0.29, 0.717) is 5.92 Å². The molecule has 0 atom stereocenters. The summed E-state index contributed by atoms with van der Waals surface area (Å²) >= 11 is 0. The lowest BCUT2D eigenvalue weighted by atomic mass is 10.0. The van der Waals surface area contributed by atoms with E-state index >= 15 is 0 Å². The van der Waals surface area contributed by atoms with E-state index in [9.17, 15) is 0 Å². The van der Waals surface area contributed by atoms with Gasteiger partial charge in [-0.1, -0.05) is 25.0 Å². The quantitative estimate of drug-likeness (QED) is 0.925. The molecule has 1 aliphatic carbocycles. The van der Waals surface area contributed by atoms with Crippen molar-refractivity contribution in [2.24, 2.45) is 0 Å². The average Bonchev–Trinajstić information content (AvgIpc) is 3.09. The molecular weight excluding hydrogens is 262 g/mol. The maximum Gasteiger partial charge on any atom is 0.165 e. The summed E-state index contributed by atoms with van der Waals surface area (Å²) in [5.74, 6) is 2.98. The zero-order chi connectivity index (χ0) is 14.7. The van der Waals surface area contributed by atoms with Gasteiger partial charge in [-0.05, 0) is 25.0 Å². The van der Waals surface area contributed by atoms with Crippen molar-refractivity contribution in [2.45, 2.75) is 31.6 Å². The Labute approximate surface area is 125 Å². The van der Waals surface area contributed by atoms with Crippen LogP contribution in [-0.2, 0) is 0 Å². The van der Waals surface area contributed by atoms with E-state index in [0.717, 1.165) is 28.6 Å². The number of rotatable bonds is 4. The fourth-order valence-electron chi connectivity index (χ4n) is 2.97. The fourth-order valence-corrected chi connectivity index (χ4v) is 2.97. The standard InChI is InChI=1S/C17H21N3O/c1-18-16-11-14(12-7-3-4-8-12)19-17(20-16)13-9-5-6-10-15(13)21-2/h5-6,9-12H,3-4,7-8H2,1-2H3,(H,18,19,20). The Bertz CT molecular complexity index is 621. The van der Waals surface area contributed by atoms with Crippen molar-refractivity contribution in [1.29, 1.82) is 0 Å². The van der Waals surface area contributed by atoms with Crippen molar-refractivity contribution in [3.63, 3.8) is 0 Å². The summed E-state index contributed by atoms with van der Waals surface area (Å²) in [6.07, 6.45) is 5.05. The third-order valence-corrected chi connectivity index (χ3v) is 4.12. The highest BCUT2D eigenvalue weighted by Gasteiger charge is 2.20. The Morgan fingerprint density at radius 1 is 1.14 bits per heavy atom. The first kappa shape index (κ1) is 13.9. The van der Waals surface area contributed by atoms with Gasteiger partial charge in [-0.2, -0.15) is 0 Å². The zero-order valence-corrected chi connectivity index (χ0v) is 12.6. The van der Waals surface area contributed by atoms with Crippen molar-refractivity contribution in [2.75, 3.05) is 19.5 Å². The van der Waals surface area contributed by atoms with Gasteiger partial charge in [0.05, 0.1) is 12.7 Å². The fraction of sp³-hybridized carbons (Fsp3) is 0.412. The molecule has 1 aromatic heterocycles. The van der Waals surface area contributed by atoms with Crippen molar-refractivity contribution < 1.29 is 4.74 Å². The molecule has 0 bridgehead atoms. The molecule has 0 spiro atoms. The molecule has 4 nitrogen and oxygen atoms in total. The first-order chi connectivity index (χ1) is 10.3. The van der Waals surface area contributed by atoms with Crippen LogP contribution in [0.1, 0.15) is 37.3 Å². The monoisotopic (exact) mass is 283 g/mol. The number of hydrogen-bond donors (Lipinski definition) is 1. The minimum atomic E-state index is 0.563. The second-order valence-electron chi connectivity index (χ2n) is 5.43. The zero-order valence-electron chi connectivity index (χ0n) is 12.6. The maximum atomic E-state index is 5.44. The third-order valence-electron chi connectivity index (χ3n) is 4.12. The molecule has 2 aromatic rings. The topological polar surface area (TPSA) is 47.0 Å². The van der Waals surface area contributed by atoms with Gasteiger partial charge in [0.15, 0.2) is 5.82 Å². The molecule has 1 heterocycles. The van der Waals surface area contributed by atoms with Crippen LogP contribution in [-0.4, -0.2) is 24.1 Å². The molecule has 1 N–H and O–H groups in total. The van der Waals surface area contributed by atoms with Crippen molar-refractivity contribution in [3.8, 4) is 17.1 Å². The largest absolute Gasteiger partial charge is 0.496 e. The number of anilines is 1. The summed E-state index contributed by atoms with van der Waals surface area (Å²) in [7, 11) is 3.57. The molecule has 1 aliphatic rings. The number of nitrogens with one attached hydrogen (secondary N) is 1. The molecule has 1 fully saturated rings. The summed E-state index contributed by atoms with van der Waals surface area (Å²) in [6, 6.07) is 9.98. The lowest BCUT2D eigenvalue weighted by molar-refractivity contribution is 0.416. The predicted octanol–water partition coefficient (Wildman–Crippen LogP) is 3.85. The highest BCUT2D eigenvalue weighted by Crippen LogP contribution is 2.35. The maximum absolute atomic E-state index is 5.44. The Morgan fingerprint density at radius 2 is 1.90 bits per heavy atom. The van der Waals surface area contributed by atoms with Crippen LogP contribution in [0.4, 0.5) is 5.82 Å². The number of nitrogens with zero attached hydrogens (tertiary/aromatic N) is 2. The summed E-state index contributed by atoms with van der Waals surface area (Å²) in [4.78, 5) is 9.41. The molecule has 3 rings (SSSR count). The second kappa shape index (κ2) is 6.12. The molecule has 1 aromatic carbocycles. The number of hydrogen-bond acceptors (Lipinski definition) is 4.